The summed E-state index contributed by atoms with van der Waals surface area (Å²) in [6.07, 6.45) is 1.28. The second-order valence-electron chi connectivity index (χ2n) is 4.80. The van der Waals surface area contributed by atoms with E-state index in [9.17, 15) is 22.4 Å². The van der Waals surface area contributed by atoms with Crippen molar-refractivity contribution >= 4 is 5.91 Å². The van der Waals surface area contributed by atoms with Gasteiger partial charge < -0.3 is 0 Å². The zero-order valence-electron chi connectivity index (χ0n) is 11.8. The van der Waals surface area contributed by atoms with Crippen LogP contribution in [0.5, 0.6) is 0 Å². The van der Waals surface area contributed by atoms with Gasteiger partial charge in [-0.3, -0.25) is 14.4 Å². The molecule has 1 aromatic heterocycles. The number of carbonyl (C=O) groups is 1. The van der Waals surface area contributed by atoms with Gasteiger partial charge in [0, 0.05) is 12.2 Å². The average molecular weight is 312 g/mol. The molecule has 0 saturated heterocycles. The molecule has 22 heavy (non-hydrogen) atoms. The third kappa shape index (κ3) is 2.93. The van der Waals surface area contributed by atoms with Gasteiger partial charge in [-0.25, -0.2) is 17.6 Å². The van der Waals surface area contributed by atoms with Crippen molar-refractivity contribution in [1.29, 1.82) is 0 Å². The Hall–Kier alpha value is -2.44. The minimum atomic E-state index is -2.03. The summed E-state index contributed by atoms with van der Waals surface area (Å²) in [6, 6.07) is 4.74. The monoisotopic (exact) mass is 312 g/mol. The molecule has 0 amide bonds. The van der Waals surface area contributed by atoms with Gasteiger partial charge in [0.25, 0.3) is 5.91 Å². The zero-order chi connectivity index (χ0) is 16.4. The minimum absolute atomic E-state index is 0.159. The molecule has 0 fully saturated rings. The maximum atomic E-state index is 13.7. The first-order chi connectivity index (χ1) is 10.3. The largest absolute Gasteiger partial charge is 0.268 e. The van der Waals surface area contributed by atoms with Crippen molar-refractivity contribution in [3.8, 4) is 0 Å². The average Bonchev–Trinajstić information content (AvgIpc) is 2.48. The van der Waals surface area contributed by atoms with Crippen molar-refractivity contribution in [2.75, 3.05) is 0 Å². The molecule has 2 rings (SSSR count). The van der Waals surface area contributed by atoms with Crippen LogP contribution in [-0.2, 0) is 0 Å². The van der Waals surface area contributed by atoms with Gasteiger partial charge in [-0.05, 0) is 32.0 Å². The van der Waals surface area contributed by atoms with E-state index in [4.69, 9.17) is 0 Å². The van der Waals surface area contributed by atoms with Gasteiger partial charge in [0.05, 0.1) is 5.56 Å². The maximum absolute atomic E-state index is 13.7. The van der Waals surface area contributed by atoms with E-state index in [1.807, 2.05) is 0 Å². The third-order valence-electron chi connectivity index (χ3n) is 2.78. The predicted molar refractivity (Wildman–Crippen MR) is 71.1 cm³/mol. The quantitative estimate of drug-likeness (QED) is 0.477. The SMILES string of the molecule is CC(C)N=c1ccccn1C(=O)c1cc(F)c(F)c(F)c1F. The Morgan fingerprint density at radius 1 is 1.09 bits per heavy atom. The Morgan fingerprint density at radius 2 is 1.77 bits per heavy atom. The standard InChI is InChI=1S/C15H12F4N2O/c1-8(2)20-11-5-3-4-6-21(11)15(22)9-7-10(16)13(18)14(19)12(9)17/h3-8H,1-2H3. The number of aromatic nitrogens is 1. The van der Waals surface area contributed by atoms with Gasteiger partial charge in [-0.15, -0.1) is 0 Å². The van der Waals surface area contributed by atoms with Crippen LogP contribution in [0.25, 0.3) is 0 Å². The number of hydrogen-bond donors (Lipinski definition) is 0. The van der Waals surface area contributed by atoms with Crippen LogP contribution in [0.2, 0.25) is 0 Å². The Balaban J connectivity index is 2.65. The number of rotatable bonds is 2. The highest BCUT2D eigenvalue weighted by molar-refractivity contribution is 5.96. The Kier molecular flexibility index (Phi) is 4.44. The summed E-state index contributed by atoms with van der Waals surface area (Å²) >= 11 is 0. The normalized spacial score (nSPS) is 12.0. The first-order valence-corrected chi connectivity index (χ1v) is 6.42. The van der Waals surface area contributed by atoms with Crippen molar-refractivity contribution in [3.05, 3.63) is 64.8 Å². The fraction of sp³-hybridized carbons (Fsp3) is 0.200. The highest BCUT2D eigenvalue weighted by atomic mass is 19.2. The minimum Gasteiger partial charge on any atom is -0.268 e. The molecule has 7 heteroatoms. The summed E-state index contributed by atoms with van der Waals surface area (Å²) in [5.41, 5.74) is -0.722. The molecule has 0 saturated carbocycles. The first kappa shape index (κ1) is 15.9. The van der Waals surface area contributed by atoms with Crippen molar-refractivity contribution in [2.45, 2.75) is 19.9 Å². The molecule has 2 aromatic rings. The lowest BCUT2D eigenvalue weighted by Gasteiger charge is -2.09. The molecule has 0 bridgehead atoms. The molecule has 3 nitrogen and oxygen atoms in total. The summed E-state index contributed by atoms with van der Waals surface area (Å²) in [4.78, 5) is 16.4. The van der Waals surface area contributed by atoms with E-state index in [1.54, 1.807) is 19.9 Å². The van der Waals surface area contributed by atoms with Gasteiger partial charge in [-0.2, -0.15) is 0 Å². The van der Waals surface area contributed by atoms with E-state index in [2.05, 4.69) is 4.99 Å². The van der Waals surface area contributed by atoms with Gasteiger partial charge in [0.15, 0.2) is 23.3 Å². The third-order valence-corrected chi connectivity index (χ3v) is 2.78. The first-order valence-electron chi connectivity index (χ1n) is 6.42. The highest BCUT2D eigenvalue weighted by Gasteiger charge is 2.24. The van der Waals surface area contributed by atoms with Crippen molar-refractivity contribution in [1.82, 2.24) is 4.57 Å². The summed E-state index contributed by atoms with van der Waals surface area (Å²) in [5, 5.41) is 0. The molecule has 0 atom stereocenters. The molecular weight excluding hydrogens is 300 g/mol. The van der Waals surface area contributed by atoms with Crippen LogP contribution in [0.15, 0.2) is 35.5 Å². The van der Waals surface area contributed by atoms with Crippen LogP contribution in [0, 0.1) is 23.3 Å². The van der Waals surface area contributed by atoms with Crippen molar-refractivity contribution < 1.29 is 22.4 Å². The zero-order valence-corrected chi connectivity index (χ0v) is 11.8. The van der Waals surface area contributed by atoms with Crippen LogP contribution in [0.4, 0.5) is 17.6 Å². The van der Waals surface area contributed by atoms with E-state index in [1.165, 1.54) is 18.3 Å². The molecular formula is C15H12F4N2O. The lowest BCUT2D eigenvalue weighted by molar-refractivity contribution is 0.0948. The molecule has 0 N–H and O–H groups in total. The predicted octanol–water partition coefficient (Wildman–Crippen LogP) is 3.04. The summed E-state index contributed by atoms with van der Waals surface area (Å²) < 4.78 is 54.1. The molecule has 1 heterocycles. The van der Waals surface area contributed by atoms with E-state index in [-0.39, 0.29) is 11.5 Å². The molecule has 0 aliphatic carbocycles. The lowest BCUT2D eigenvalue weighted by atomic mass is 10.1. The second-order valence-corrected chi connectivity index (χ2v) is 4.80. The maximum Gasteiger partial charge on any atom is 0.266 e. The Labute approximate surface area is 123 Å². The van der Waals surface area contributed by atoms with Crippen LogP contribution in [0.3, 0.4) is 0 Å². The Bertz CT molecular complexity index is 797. The summed E-state index contributed by atoms with van der Waals surface area (Å²) in [5.74, 6) is -8.41. The number of carbonyl (C=O) groups excluding carboxylic acids is 1. The van der Waals surface area contributed by atoms with Crippen LogP contribution < -0.4 is 5.49 Å². The molecule has 0 radical (unpaired) electrons. The molecule has 0 aliphatic heterocycles. The van der Waals surface area contributed by atoms with E-state index >= 15 is 0 Å². The molecule has 116 valence electrons. The highest BCUT2D eigenvalue weighted by Crippen LogP contribution is 2.19. The van der Waals surface area contributed by atoms with Crippen molar-refractivity contribution in [2.24, 2.45) is 4.99 Å². The molecule has 0 spiro atoms. The van der Waals surface area contributed by atoms with Gasteiger partial charge in [0.2, 0.25) is 0 Å². The van der Waals surface area contributed by atoms with E-state index < -0.39 is 34.7 Å². The molecule has 0 aliphatic rings. The fourth-order valence-electron chi connectivity index (χ4n) is 1.83. The van der Waals surface area contributed by atoms with Gasteiger partial charge in [0.1, 0.15) is 5.49 Å². The number of halogens is 4. The molecule has 1 aromatic carbocycles. The van der Waals surface area contributed by atoms with Gasteiger partial charge in [-0.1, -0.05) is 6.07 Å². The van der Waals surface area contributed by atoms with E-state index in [0.717, 1.165) is 4.57 Å². The fourth-order valence-corrected chi connectivity index (χ4v) is 1.83. The topological polar surface area (TPSA) is 34.4 Å². The van der Waals surface area contributed by atoms with E-state index in [0.29, 0.717) is 6.07 Å². The smallest absolute Gasteiger partial charge is 0.266 e. The number of benzene rings is 1. The van der Waals surface area contributed by atoms with Crippen LogP contribution in [-0.4, -0.2) is 16.5 Å². The van der Waals surface area contributed by atoms with Gasteiger partial charge >= 0.3 is 0 Å². The number of nitrogens with zero attached hydrogens (tertiary/aromatic N) is 2. The number of hydrogen-bond acceptors (Lipinski definition) is 2. The summed E-state index contributed by atoms with van der Waals surface area (Å²) in [7, 11) is 0. The number of pyridine rings is 1. The lowest BCUT2D eigenvalue weighted by Crippen LogP contribution is -2.29. The van der Waals surface area contributed by atoms with Crippen LogP contribution >= 0.6 is 0 Å². The van der Waals surface area contributed by atoms with Crippen molar-refractivity contribution in [3.63, 3.8) is 0 Å². The second kappa shape index (κ2) is 6.13. The Morgan fingerprint density at radius 3 is 2.41 bits per heavy atom. The molecule has 0 unspecified atom stereocenters. The van der Waals surface area contributed by atoms with Crippen LogP contribution in [0.1, 0.15) is 24.2 Å². The summed E-state index contributed by atoms with van der Waals surface area (Å²) in [6.45, 7) is 3.53.